The number of nitrogens with zero attached hydrogens (tertiary/aromatic N) is 2. The quantitative estimate of drug-likeness (QED) is 0.641. The highest BCUT2D eigenvalue weighted by Gasteiger charge is 2.59. The van der Waals surface area contributed by atoms with Crippen LogP contribution in [0, 0.1) is 18.3 Å². The van der Waals surface area contributed by atoms with Crippen molar-refractivity contribution in [2.24, 2.45) is 16.3 Å². The van der Waals surface area contributed by atoms with Gasteiger partial charge in [0.2, 0.25) is 5.89 Å². The Kier molecular flexibility index (Phi) is 4.68. The molecule has 144 valence electrons. The molecule has 1 saturated heterocycles. The van der Waals surface area contributed by atoms with Gasteiger partial charge in [0.25, 0.3) is 0 Å². The third-order valence-corrected chi connectivity index (χ3v) is 5.90. The first-order valence-electron chi connectivity index (χ1n) is 9.59. The van der Waals surface area contributed by atoms with E-state index in [2.05, 4.69) is 53.5 Å². The predicted octanol–water partition coefficient (Wildman–Crippen LogP) is 3.13. The summed E-state index contributed by atoms with van der Waals surface area (Å²) in [5, 5.41) is 6.93. The summed E-state index contributed by atoms with van der Waals surface area (Å²) >= 11 is 0. The first-order chi connectivity index (χ1) is 13.0. The topological polar surface area (TPSA) is 71.7 Å². The number of aromatic nitrogens is 1. The summed E-state index contributed by atoms with van der Waals surface area (Å²) < 4.78 is 11.5. The first kappa shape index (κ1) is 18.0. The summed E-state index contributed by atoms with van der Waals surface area (Å²) in [5.74, 6) is 2.00. The van der Waals surface area contributed by atoms with Crippen molar-refractivity contribution in [3.8, 4) is 11.5 Å². The maximum Gasteiger partial charge on any atom is 0.226 e. The van der Waals surface area contributed by atoms with Crippen LogP contribution in [0.4, 0.5) is 0 Å². The Labute approximate surface area is 160 Å². The van der Waals surface area contributed by atoms with E-state index in [1.54, 1.807) is 13.3 Å². The highest BCUT2D eigenvalue weighted by molar-refractivity contribution is 5.80. The van der Waals surface area contributed by atoms with Gasteiger partial charge in [-0.2, -0.15) is 0 Å². The third-order valence-electron chi connectivity index (χ3n) is 5.90. The van der Waals surface area contributed by atoms with Crippen LogP contribution < -0.4 is 10.6 Å². The number of fused-ring (bicyclic) bond motifs is 1. The van der Waals surface area contributed by atoms with E-state index in [0.717, 1.165) is 30.2 Å². The van der Waals surface area contributed by atoms with Crippen LogP contribution in [-0.2, 0) is 11.3 Å². The fourth-order valence-electron chi connectivity index (χ4n) is 4.35. The number of rotatable bonds is 4. The van der Waals surface area contributed by atoms with Crippen LogP contribution in [0.2, 0.25) is 0 Å². The maximum atomic E-state index is 5.87. The van der Waals surface area contributed by atoms with Crippen LogP contribution in [0.1, 0.15) is 31.5 Å². The van der Waals surface area contributed by atoms with Gasteiger partial charge >= 0.3 is 0 Å². The van der Waals surface area contributed by atoms with E-state index in [1.807, 2.05) is 12.1 Å². The van der Waals surface area contributed by atoms with Crippen LogP contribution in [0.5, 0.6) is 0 Å². The number of aliphatic imine (C=N–C) groups is 1. The maximum absolute atomic E-state index is 5.87. The van der Waals surface area contributed by atoms with Gasteiger partial charge in [0.1, 0.15) is 6.26 Å². The van der Waals surface area contributed by atoms with Gasteiger partial charge in [-0.05, 0) is 25.5 Å². The normalized spacial score (nSPS) is 26.4. The molecule has 6 heteroatoms. The predicted molar refractivity (Wildman–Crippen MR) is 105 cm³/mol. The molecule has 6 nitrogen and oxygen atoms in total. The smallest absolute Gasteiger partial charge is 0.226 e. The Balaban J connectivity index is 1.36. The van der Waals surface area contributed by atoms with Crippen molar-refractivity contribution in [1.82, 2.24) is 15.6 Å². The van der Waals surface area contributed by atoms with Gasteiger partial charge in [-0.25, -0.2) is 4.98 Å². The zero-order chi connectivity index (χ0) is 19.0. The Morgan fingerprint density at radius 1 is 1.30 bits per heavy atom. The molecule has 2 heterocycles. The first-order valence-corrected chi connectivity index (χ1v) is 9.59. The van der Waals surface area contributed by atoms with E-state index < -0.39 is 0 Å². The van der Waals surface area contributed by atoms with Crippen molar-refractivity contribution >= 4 is 5.96 Å². The number of aryl methyl sites for hydroxylation is 1. The molecule has 4 rings (SSSR count). The zero-order valence-electron chi connectivity index (χ0n) is 16.5. The highest BCUT2D eigenvalue weighted by Crippen LogP contribution is 2.52. The molecule has 1 saturated carbocycles. The van der Waals surface area contributed by atoms with E-state index in [1.165, 1.54) is 5.56 Å². The van der Waals surface area contributed by atoms with E-state index in [0.29, 0.717) is 30.5 Å². The molecular weight excluding hydrogens is 340 g/mol. The van der Waals surface area contributed by atoms with E-state index in [4.69, 9.17) is 9.15 Å². The van der Waals surface area contributed by atoms with Crippen molar-refractivity contribution < 1.29 is 9.15 Å². The van der Waals surface area contributed by atoms with Gasteiger partial charge < -0.3 is 19.8 Å². The second-order valence-corrected chi connectivity index (χ2v) is 8.12. The minimum atomic E-state index is 0.116. The molecule has 0 amide bonds. The molecule has 1 aromatic carbocycles. The standard InChI is InChI=1S/C21H28N4O2/c1-13-5-7-14(8-6-13)19-24-15(12-27-19)11-23-20(22-4)25-17-16-9-10-26-18(16)21(17,2)3/h5-8,12,16-18H,9-11H2,1-4H3,(H2,22,23,25). The van der Waals surface area contributed by atoms with Gasteiger partial charge in [-0.1, -0.05) is 31.5 Å². The molecular formula is C21H28N4O2. The number of nitrogens with one attached hydrogen (secondary N) is 2. The Morgan fingerprint density at radius 3 is 2.81 bits per heavy atom. The summed E-state index contributed by atoms with van der Waals surface area (Å²) in [6.45, 7) is 8.01. The van der Waals surface area contributed by atoms with Gasteiger partial charge in [0.05, 0.1) is 18.3 Å². The van der Waals surface area contributed by atoms with Gasteiger partial charge in [0.15, 0.2) is 5.96 Å². The van der Waals surface area contributed by atoms with Gasteiger partial charge in [-0.3, -0.25) is 4.99 Å². The molecule has 27 heavy (non-hydrogen) atoms. The van der Waals surface area contributed by atoms with Crippen LogP contribution in [0.15, 0.2) is 39.9 Å². The zero-order valence-corrected chi connectivity index (χ0v) is 16.5. The SMILES string of the molecule is CN=C(NCc1coc(-c2ccc(C)cc2)n1)NC1C2CCOC2C1(C)C. The lowest BCUT2D eigenvalue weighted by Gasteiger charge is -2.54. The van der Waals surface area contributed by atoms with Crippen molar-refractivity contribution in [3.63, 3.8) is 0 Å². The lowest BCUT2D eigenvalue weighted by atomic mass is 9.57. The lowest BCUT2D eigenvalue weighted by Crippen LogP contribution is -2.67. The summed E-state index contributed by atoms with van der Waals surface area (Å²) in [6.07, 6.45) is 3.18. The Hall–Kier alpha value is -2.34. The van der Waals surface area contributed by atoms with Crippen molar-refractivity contribution in [2.45, 2.75) is 45.9 Å². The average Bonchev–Trinajstić information content (AvgIpc) is 3.31. The number of hydrogen-bond acceptors (Lipinski definition) is 4. The lowest BCUT2D eigenvalue weighted by molar-refractivity contribution is -0.106. The minimum absolute atomic E-state index is 0.116. The second kappa shape index (κ2) is 7.00. The Bertz CT molecular complexity index is 825. The van der Waals surface area contributed by atoms with Gasteiger partial charge in [-0.15, -0.1) is 0 Å². The fourth-order valence-corrected chi connectivity index (χ4v) is 4.35. The van der Waals surface area contributed by atoms with E-state index >= 15 is 0 Å². The van der Waals surface area contributed by atoms with Crippen LogP contribution in [0.3, 0.4) is 0 Å². The number of ether oxygens (including phenoxy) is 1. The molecule has 1 aliphatic heterocycles. The molecule has 2 fully saturated rings. The number of hydrogen-bond donors (Lipinski definition) is 2. The molecule has 0 radical (unpaired) electrons. The van der Waals surface area contributed by atoms with Crippen molar-refractivity contribution in [1.29, 1.82) is 0 Å². The summed E-state index contributed by atoms with van der Waals surface area (Å²) in [7, 11) is 1.80. The molecule has 0 bridgehead atoms. The monoisotopic (exact) mass is 368 g/mol. The van der Waals surface area contributed by atoms with Crippen LogP contribution in [-0.4, -0.2) is 36.7 Å². The summed E-state index contributed by atoms with van der Waals surface area (Å²) in [4.78, 5) is 8.95. The number of oxazole rings is 1. The van der Waals surface area contributed by atoms with Crippen LogP contribution in [0.25, 0.3) is 11.5 Å². The summed E-state index contributed by atoms with van der Waals surface area (Å²) in [6, 6.07) is 8.54. The fraction of sp³-hybridized carbons (Fsp3) is 0.524. The second-order valence-electron chi connectivity index (χ2n) is 8.12. The van der Waals surface area contributed by atoms with E-state index in [9.17, 15) is 0 Å². The molecule has 2 aromatic rings. The average molecular weight is 368 g/mol. The van der Waals surface area contributed by atoms with Crippen molar-refractivity contribution in [3.05, 3.63) is 41.8 Å². The molecule has 2 aliphatic rings. The van der Waals surface area contributed by atoms with Gasteiger partial charge in [0, 0.05) is 36.6 Å². The van der Waals surface area contributed by atoms with Crippen LogP contribution >= 0.6 is 0 Å². The van der Waals surface area contributed by atoms with E-state index in [-0.39, 0.29) is 5.41 Å². The molecule has 1 aromatic heterocycles. The highest BCUT2D eigenvalue weighted by atomic mass is 16.5. The minimum Gasteiger partial charge on any atom is -0.444 e. The largest absolute Gasteiger partial charge is 0.444 e. The Morgan fingerprint density at radius 2 is 2.07 bits per heavy atom. The summed E-state index contributed by atoms with van der Waals surface area (Å²) in [5.41, 5.74) is 3.17. The molecule has 1 aliphatic carbocycles. The molecule has 3 atom stereocenters. The molecule has 3 unspecified atom stereocenters. The van der Waals surface area contributed by atoms with Crippen molar-refractivity contribution in [2.75, 3.05) is 13.7 Å². The molecule has 2 N–H and O–H groups in total. The molecule has 0 spiro atoms. The third kappa shape index (κ3) is 3.34. The number of benzene rings is 1. The number of guanidine groups is 1.